The molecule has 3 rings (SSSR count). The van der Waals surface area contributed by atoms with Crippen LogP contribution in [-0.2, 0) is 0 Å². The smallest absolute Gasteiger partial charge is 0.284 e. The molecule has 0 aliphatic carbocycles. The van der Waals surface area contributed by atoms with E-state index >= 15 is 0 Å². The summed E-state index contributed by atoms with van der Waals surface area (Å²) in [7, 11) is 3.11. The van der Waals surface area contributed by atoms with Crippen LogP contribution >= 0.6 is 11.3 Å². The Bertz CT molecular complexity index is 1060. The van der Waals surface area contributed by atoms with Gasteiger partial charge in [-0.2, -0.15) is 5.10 Å². The summed E-state index contributed by atoms with van der Waals surface area (Å²) >= 11 is 1.27. The van der Waals surface area contributed by atoms with Crippen LogP contribution in [0.25, 0.3) is 10.2 Å². The molecule has 9 nitrogen and oxygen atoms in total. The van der Waals surface area contributed by atoms with Crippen molar-refractivity contribution in [1.29, 1.82) is 0 Å². The first-order valence-electron chi connectivity index (χ1n) is 8.48. The van der Waals surface area contributed by atoms with E-state index in [-0.39, 0.29) is 11.9 Å². The Morgan fingerprint density at radius 3 is 2.34 bits per heavy atom. The minimum Gasteiger partial charge on any atom is -0.493 e. The molecule has 0 atom stereocenters. The van der Waals surface area contributed by atoms with Gasteiger partial charge in [0.2, 0.25) is 5.96 Å². The topological polar surface area (TPSA) is 137 Å². The van der Waals surface area contributed by atoms with Crippen molar-refractivity contribution < 1.29 is 14.3 Å². The monoisotopic (exact) mass is 412 g/mol. The average Bonchev–Trinajstić information content (AvgIpc) is 3.14. The van der Waals surface area contributed by atoms with E-state index in [0.717, 1.165) is 10.3 Å². The van der Waals surface area contributed by atoms with Crippen LogP contribution < -0.4 is 26.3 Å². The summed E-state index contributed by atoms with van der Waals surface area (Å²) in [4.78, 5) is 17.0. The van der Waals surface area contributed by atoms with Crippen molar-refractivity contribution >= 4 is 44.8 Å². The van der Waals surface area contributed by atoms with Crippen molar-refractivity contribution in [1.82, 2.24) is 4.98 Å². The molecule has 0 fully saturated rings. The molecule has 0 aliphatic heterocycles. The number of guanidine groups is 1. The Labute approximate surface area is 171 Å². The fourth-order valence-electron chi connectivity index (χ4n) is 2.52. The summed E-state index contributed by atoms with van der Waals surface area (Å²) in [6.07, 6.45) is 0. The van der Waals surface area contributed by atoms with Crippen LogP contribution in [0.2, 0.25) is 0 Å². The van der Waals surface area contributed by atoms with Crippen LogP contribution in [0.5, 0.6) is 11.5 Å². The molecule has 0 bridgehead atoms. The molecule has 1 amide bonds. The normalized spacial score (nSPS) is 11.2. The molecule has 0 unspecified atom stereocenters. The lowest BCUT2D eigenvalue weighted by Crippen LogP contribution is -2.22. The number of thiazole rings is 1. The van der Waals surface area contributed by atoms with Gasteiger partial charge < -0.3 is 26.3 Å². The molecule has 5 N–H and O–H groups in total. The van der Waals surface area contributed by atoms with Gasteiger partial charge in [-0.1, -0.05) is 12.1 Å². The molecule has 0 saturated heterocycles. The number of hydrogen-bond acceptors (Lipinski definition) is 7. The van der Waals surface area contributed by atoms with Gasteiger partial charge >= 0.3 is 0 Å². The minimum atomic E-state index is -0.303. The number of hydrogen-bond donors (Lipinski definition) is 3. The zero-order valence-electron chi connectivity index (χ0n) is 16.1. The summed E-state index contributed by atoms with van der Waals surface area (Å²) in [6, 6.07) is 10.7. The first-order valence-corrected chi connectivity index (χ1v) is 9.30. The predicted octanol–water partition coefficient (Wildman–Crippen LogP) is 2.56. The van der Waals surface area contributed by atoms with E-state index in [0.29, 0.717) is 33.4 Å². The molecule has 0 saturated carbocycles. The molecule has 1 heterocycles. The van der Waals surface area contributed by atoms with Crippen LogP contribution in [0.4, 0.5) is 5.69 Å². The number of carbonyl (C=O) groups is 1. The number of methoxy groups -OCH3 is 2. The highest BCUT2D eigenvalue weighted by atomic mass is 32.1. The Morgan fingerprint density at radius 2 is 1.72 bits per heavy atom. The van der Waals surface area contributed by atoms with Gasteiger partial charge in [0.15, 0.2) is 16.5 Å². The number of amides is 1. The standard InChI is InChI=1S/C19H20N6O3S/c1-10(24-25-19(20)21)11-4-6-12(7-5-11)22-17(26)18-23-13-8-14(27-2)15(28-3)9-16(13)29-18/h4-9H,1-3H3,(H,22,26)(H4,20,21,25)/b24-10+. The van der Waals surface area contributed by atoms with E-state index < -0.39 is 0 Å². The van der Waals surface area contributed by atoms with Gasteiger partial charge in [0.25, 0.3) is 5.91 Å². The number of fused-ring (bicyclic) bond motifs is 1. The van der Waals surface area contributed by atoms with Crippen molar-refractivity contribution in [3.8, 4) is 11.5 Å². The van der Waals surface area contributed by atoms with Crippen molar-refractivity contribution in [2.24, 2.45) is 21.7 Å². The van der Waals surface area contributed by atoms with E-state index in [4.69, 9.17) is 20.9 Å². The Hall–Kier alpha value is -3.66. The number of carbonyl (C=O) groups excluding carboxylic acids is 1. The van der Waals surface area contributed by atoms with E-state index in [2.05, 4.69) is 20.5 Å². The molecule has 0 aliphatic rings. The lowest BCUT2D eigenvalue weighted by Gasteiger charge is -2.05. The SMILES string of the molecule is COc1cc2nc(C(=O)Nc3ccc(/C(C)=N/N=C(N)N)cc3)sc2cc1OC. The number of ether oxygens (including phenoxy) is 2. The largest absolute Gasteiger partial charge is 0.493 e. The minimum absolute atomic E-state index is 0.112. The number of rotatable bonds is 6. The van der Waals surface area contributed by atoms with Gasteiger partial charge in [-0.25, -0.2) is 4.98 Å². The maximum absolute atomic E-state index is 12.6. The first-order chi connectivity index (χ1) is 13.9. The molecular weight excluding hydrogens is 392 g/mol. The van der Waals surface area contributed by atoms with Crippen molar-refractivity contribution in [2.75, 3.05) is 19.5 Å². The lowest BCUT2D eigenvalue weighted by molar-refractivity contribution is 0.102. The molecule has 2 aromatic carbocycles. The molecular formula is C19H20N6O3S. The third-order valence-corrected chi connectivity index (χ3v) is 4.98. The summed E-state index contributed by atoms with van der Waals surface area (Å²) in [6.45, 7) is 1.78. The maximum atomic E-state index is 12.6. The highest BCUT2D eigenvalue weighted by Gasteiger charge is 2.15. The van der Waals surface area contributed by atoms with Crippen molar-refractivity contribution in [3.05, 3.63) is 47.0 Å². The zero-order chi connectivity index (χ0) is 21.0. The maximum Gasteiger partial charge on any atom is 0.284 e. The molecule has 150 valence electrons. The molecule has 29 heavy (non-hydrogen) atoms. The van der Waals surface area contributed by atoms with Gasteiger partial charge in [-0.05, 0) is 24.6 Å². The molecule has 3 aromatic rings. The zero-order valence-corrected chi connectivity index (χ0v) is 16.9. The molecule has 0 radical (unpaired) electrons. The summed E-state index contributed by atoms with van der Waals surface area (Å²) < 4.78 is 11.4. The van der Waals surface area contributed by atoms with E-state index in [1.807, 2.05) is 12.1 Å². The van der Waals surface area contributed by atoms with Crippen LogP contribution in [-0.4, -0.2) is 36.8 Å². The Morgan fingerprint density at radius 1 is 1.07 bits per heavy atom. The van der Waals surface area contributed by atoms with Gasteiger partial charge in [0.05, 0.1) is 30.1 Å². The van der Waals surface area contributed by atoms with Gasteiger partial charge in [0, 0.05) is 17.8 Å². The first kappa shape index (κ1) is 20.1. The molecule has 1 aromatic heterocycles. The highest BCUT2D eigenvalue weighted by molar-refractivity contribution is 7.20. The quantitative estimate of drug-likeness (QED) is 0.323. The lowest BCUT2D eigenvalue weighted by atomic mass is 10.1. The number of nitrogens with one attached hydrogen (secondary N) is 1. The van der Waals surface area contributed by atoms with E-state index in [1.54, 1.807) is 45.4 Å². The third-order valence-electron chi connectivity index (χ3n) is 3.96. The Balaban J connectivity index is 1.78. The second kappa shape index (κ2) is 8.57. The molecule has 0 spiro atoms. The van der Waals surface area contributed by atoms with E-state index in [9.17, 15) is 4.79 Å². The van der Waals surface area contributed by atoms with Crippen LogP contribution in [0.1, 0.15) is 22.3 Å². The van der Waals surface area contributed by atoms with E-state index in [1.165, 1.54) is 11.3 Å². The summed E-state index contributed by atoms with van der Waals surface area (Å²) in [5, 5.41) is 10.7. The summed E-state index contributed by atoms with van der Waals surface area (Å²) in [5.41, 5.74) is 13.3. The summed E-state index contributed by atoms with van der Waals surface area (Å²) in [5.74, 6) is 0.733. The predicted molar refractivity (Wildman–Crippen MR) is 115 cm³/mol. The number of benzene rings is 2. The third kappa shape index (κ3) is 4.61. The second-order valence-corrected chi connectivity index (χ2v) is 6.97. The number of anilines is 1. The van der Waals surface area contributed by atoms with Crippen LogP contribution in [0.15, 0.2) is 46.6 Å². The van der Waals surface area contributed by atoms with Gasteiger partial charge in [-0.15, -0.1) is 16.4 Å². The number of aromatic nitrogens is 1. The highest BCUT2D eigenvalue weighted by Crippen LogP contribution is 2.34. The fraction of sp³-hybridized carbons (Fsp3) is 0.158. The van der Waals surface area contributed by atoms with Gasteiger partial charge in [-0.3, -0.25) is 4.79 Å². The number of nitrogens with two attached hydrogens (primary N) is 2. The van der Waals surface area contributed by atoms with Crippen molar-refractivity contribution in [3.63, 3.8) is 0 Å². The van der Waals surface area contributed by atoms with Crippen LogP contribution in [0.3, 0.4) is 0 Å². The second-order valence-electron chi connectivity index (χ2n) is 5.94. The van der Waals surface area contributed by atoms with Crippen molar-refractivity contribution in [2.45, 2.75) is 6.92 Å². The number of nitrogens with zero attached hydrogens (tertiary/aromatic N) is 3. The van der Waals surface area contributed by atoms with Crippen LogP contribution in [0, 0.1) is 0 Å². The average molecular weight is 412 g/mol. The van der Waals surface area contributed by atoms with Gasteiger partial charge in [0.1, 0.15) is 0 Å². The molecule has 10 heteroatoms. The fourth-order valence-corrected chi connectivity index (χ4v) is 3.39. The Kier molecular flexibility index (Phi) is 5.93.